The maximum absolute atomic E-state index is 3.92. The van der Waals surface area contributed by atoms with E-state index in [-0.39, 0.29) is 0 Å². The summed E-state index contributed by atoms with van der Waals surface area (Å²) in [5.74, 6) is 0. The van der Waals surface area contributed by atoms with Crippen LogP contribution in [0.4, 0.5) is 0 Å². The van der Waals surface area contributed by atoms with Crippen LogP contribution < -0.4 is 0 Å². The summed E-state index contributed by atoms with van der Waals surface area (Å²) in [5, 5.41) is 0. The molecular weight excluding hydrogens is 204 g/mol. The van der Waals surface area contributed by atoms with Gasteiger partial charge in [0.05, 0.1) is 0 Å². The van der Waals surface area contributed by atoms with Crippen molar-refractivity contribution in [1.82, 2.24) is 0 Å². The van der Waals surface area contributed by atoms with Crippen LogP contribution in [0.1, 0.15) is 23.1 Å². The Morgan fingerprint density at radius 3 is 2.29 bits per heavy atom. The third-order valence-electron chi connectivity index (χ3n) is 2.76. The molecule has 0 saturated carbocycles. The molecule has 2 aromatic rings. The first kappa shape index (κ1) is 11.7. The van der Waals surface area contributed by atoms with Gasteiger partial charge in [0.25, 0.3) is 0 Å². The minimum Gasteiger partial charge on any atom is -0.0622 e. The number of rotatable bonds is 4. The first-order valence-corrected chi connectivity index (χ1v) is 6.00. The Morgan fingerprint density at radius 2 is 1.53 bits per heavy atom. The minimum atomic E-state index is 0.941. The van der Waals surface area contributed by atoms with E-state index in [2.05, 4.69) is 67.6 Å². The molecule has 0 aliphatic carbocycles. The van der Waals surface area contributed by atoms with Gasteiger partial charge in [0.2, 0.25) is 0 Å². The van der Waals surface area contributed by atoms with Crippen molar-refractivity contribution >= 4 is 12.2 Å². The normalized spacial score (nSPS) is 10.9. The summed E-state index contributed by atoms with van der Waals surface area (Å²) in [6.07, 6.45) is 6.31. The summed E-state index contributed by atoms with van der Waals surface area (Å²) in [6.45, 7) is 3.92. The van der Waals surface area contributed by atoms with Crippen molar-refractivity contribution in [2.45, 2.75) is 12.8 Å². The molecular formula is C17H17. The summed E-state index contributed by atoms with van der Waals surface area (Å²) in [5.41, 5.74) is 3.90. The molecule has 2 rings (SSSR count). The highest BCUT2D eigenvalue weighted by molar-refractivity contribution is 5.71. The smallest absolute Gasteiger partial charge is 0.0224 e. The molecule has 0 N–H and O–H groups in total. The predicted octanol–water partition coefficient (Wildman–Crippen LogP) is 4.62. The molecule has 0 fully saturated rings. The highest BCUT2D eigenvalue weighted by atomic mass is 14.0. The topological polar surface area (TPSA) is 0 Å². The van der Waals surface area contributed by atoms with Gasteiger partial charge in [-0.25, -0.2) is 0 Å². The maximum Gasteiger partial charge on any atom is -0.0224 e. The first-order chi connectivity index (χ1) is 8.40. The first-order valence-electron chi connectivity index (χ1n) is 6.00. The molecule has 2 aromatic carbocycles. The minimum absolute atomic E-state index is 0.941. The average Bonchev–Trinajstić information content (AvgIpc) is 2.39. The largest absolute Gasteiger partial charge is 0.0622 e. The third-order valence-corrected chi connectivity index (χ3v) is 2.76. The summed E-state index contributed by atoms with van der Waals surface area (Å²) in [7, 11) is 0. The van der Waals surface area contributed by atoms with Crippen molar-refractivity contribution in [2.24, 2.45) is 0 Å². The molecule has 0 spiro atoms. The van der Waals surface area contributed by atoms with Crippen LogP contribution in [0.15, 0.2) is 54.6 Å². The van der Waals surface area contributed by atoms with Crippen molar-refractivity contribution in [3.8, 4) is 0 Å². The molecule has 85 valence electrons. The second-order valence-electron chi connectivity index (χ2n) is 4.05. The van der Waals surface area contributed by atoms with Gasteiger partial charge in [0.15, 0.2) is 0 Å². The van der Waals surface area contributed by atoms with Crippen LogP contribution in [-0.4, -0.2) is 0 Å². The van der Waals surface area contributed by atoms with Crippen LogP contribution in [0.3, 0.4) is 0 Å². The molecule has 0 atom stereocenters. The van der Waals surface area contributed by atoms with Gasteiger partial charge in [-0.3, -0.25) is 0 Å². The molecule has 0 heteroatoms. The van der Waals surface area contributed by atoms with E-state index in [1.165, 1.54) is 16.7 Å². The molecule has 0 aromatic heterocycles. The zero-order chi connectivity index (χ0) is 11.9. The van der Waals surface area contributed by atoms with Crippen LogP contribution in [0.25, 0.3) is 12.2 Å². The fourth-order valence-electron chi connectivity index (χ4n) is 1.87. The van der Waals surface area contributed by atoms with Crippen LogP contribution in [-0.2, 0) is 6.42 Å². The number of aryl methyl sites for hydroxylation is 1. The van der Waals surface area contributed by atoms with Crippen LogP contribution in [0, 0.1) is 6.92 Å². The molecule has 1 radical (unpaired) electrons. The van der Waals surface area contributed by atoms with Gasteiger partial charge in [-0.05, 0) is 29.5 Å². The molecule has 0 amide bonds. The fraction of sp³-hybridized carbons (Fsp3) is 0.118. The van der Waals surface area contributed by atoms with E-state index in [1.54, 1.807) is 0 Å². The zero-order valence-electron chi connectivity index (χ0n) is 9.97. The van der Waals surface area contributed by atoms with E-state index in [1.807, 2.05) is 6.07 Å². The molecule has 0 saturated heterocycles. The van der Waals surface area contributed by atoms with Crippen LogP contribution in [0.2, 0.25) is 0 Å². The van der Waals surface area contributed by atoms with E-state index in [0.717, 1.165) is 12.8 Å². The van der Waals surface area contributed by atoms with Gasteiger partial charge in [0.1, 0.15) is 0 Å². The fourth-order valence-corrected chi connectivity index (χ4v) is 1.87. The van der Waals surface area contributed by atoms with Crippen molar-refractivity contribution in [2.75, 3.05) is 0 Å². The number of hydrogen-bond donors (Lipinski definition) is 0. The predicted molar refractivity (Wildman–Crippen MR) is 75.5 cm³/mol. The highest BCUT2D eigenvalue weighted by Crippen LogP contribution is 2.14. The van der Waals surface area contributed by atoms with Gasteiger partial charge in [-0.15, -0.1) is 0 Å². The van der Waals surface area contributed by atoms with Crippen molar-refractivity contribution in [3.63, 3.8) is 0 Å². The van der Waals surface area contributed by atoms with Gasteiger partial charge in [-0.1, -0.05) is 73.7 Å². The van der Waals surface area contributed by atoms with E-state index in [9.17, 15) is 0 Å². The van der Waals surface area contributed by atoms with E-state index >= 15 is 0 Å². The van der Waals surface area contributed by atoms with Crippen LogP contribution in [0.5, 0.6) is 0 Å². The summed E-state index contributed by atoms with van der Waals surface area (Å²) in [4.78, 5) is 0. The van der Waals surface area contributed by atoms with Gasteiger partial charge >= 0.3 is 0 Å². The van der Waals surface area contributed by atoms with Crippen molar-refractivity contribution in [3.05, 3.63) is 78.2 Å². The Kier molecular flexibility index (Phi) is 4.15. The van der Waals surface area contributed by atoms with Crippen molar-refractivity contribution < 1.29 is 0 Å². The third kappa shape index (κ3) is 3.32. The van der Waals surface area contributed by atoms with E-state index in [0.29, 0.717) is 0 Å². The molecule has 0 nitrogen and oxygen atoms in total. The van der Waals surface area contributed by atoms with Crippen molar-refractivity contribution in [1.29, 1.82) is 0 Å². The number of hydrogen-bond acceptors (Lipinski definition) is 0. The van der Waals surface area contributed by atoms with Crippen LogP contribution >= 0.6 is 0 Å². The molecule has 17 heavy (non-hydrogen) atoms. The van der Waals surface area contributed by atoms with E-state index in [4.69, 9.17) is 0 Å². The summed E-state index contributed by atoms with van der Waals surface area (Å²) < 4.78 is 0. The Morgan fingerprint density at radius 1 is 0.824 bits per heavy atom. The average molecular weight is 221 g/mol. The molecule has 0 unspecified atom stereocenters. The maximum atomic E-state index is 3.92. The van der Waals surface area contributed by atoms with Gasteiger partial charge in [0, 0.05) is 0 Å². The van der Waals surface area contributed by atoms with Gasteiger partial charge in [-0.2, -0.15) is 0 Å². The Hall–Kier alpha value is -1.82. The lowest BCUT2D eigenvalue weighted by molar-refractivity contribution is 0.996. The lowest BCUT2D eigenvalue weighted by atomic mass is 10.0. The molecule has 0 aliphatic heterocycles. The quantitative estimate of drug-likeness (QED) is 0.661. The van der Waals surface area contributed by atoms with Gasteiger partial charge < -0.3 is 0 Å². The number of benzene rings is 2. The zero-order valence-corrected chi connectivity index (χ0v) is 9.97. The second kappa shape index (κ2) is 6.05. The standard InChI is InChI=1S/C17H17/c1-2-8-16-11-6-7-12-17(16)14-13-15-9-4-3-5-10-15/h3-7,9-14H,1-2,8H2. The monoisotopic (exact) mass is 221 g/mol. The molecule has 0 aliphatic rings. The SMILES string of the molecule is [CH2]CCc1ccccc1C=Cc1ccccc1. The lowest BCUT2D eigenvalue weighted by Gasteiger charge is -2.03. The summed E-state index contributed by atoms with van der Waals surface area (Å²) >= 11 is 0. The second-order valence-corrected chi connectivity index (χ2v) is 4.05. The molecule has 0 heterocycles. The summed E-state index contributed by atoms with van der Waals surface area (Å²) in [6, 6.07) is 18.9. The Balaban J connectivity index is 2.21. The van der Waals surface area contributed by atoms with E-state index < -0.39 is 0 Å². The Labute approximate surface area is 104 Å². The highest BCUT2D eigenvalue weighted by Gasteiger charge is 1.96. The Bertz CT molecular complexity index is 480. The molecule has 0 bridgehead atoms. The lowest BCUT2D eigenvalue weighted by Crippen LogP contribution is -1.87.